The van der Waals surface area contributed by atoms with Gasteiger partial charge in [-0.2, -0.15) is 0 Å². The number of hydrogen-bond acceptors (Lipinski definition) is 2. The Kier molecular flexibility index (Phi) is 1.13. The molecule has 4 bridgehead atoms. The van der Waals surface area contributed by atoms with Gasteiger partial charge in [-0.05, 0) is 34.4 Å². The molecule has 0 aromatic heterocycles. The lowest BCUT2D eigenvalue weighted by Gasteiger charge is -2.13. The first-order valence-corrected chi connectivity index (χ1v) is 5.75. The number of benzene rings is 1. The summed E-state index contributed by atoms with van der Waals surface area (Å²) in [4.78, 5) is 0. The van der Waals surface area contributed by atoms with Crippen molar-refractivity contribution >= 4 is 0 Å². The molecule has 0 saturated carbocycles. The molecule has 4 atom stereocenters. The van der Waals surface area contributed by atoms with E-state index in [0.717, 1.165) is 0 Å². The molecule has 5 rings (SSSR count). The second-order valence-electron chi connectivity index (χ2n) is 4.83. The van der Waals surface area contributed by atoms with E-state index < -0.39 is 0 Å². The minimum Gasteiger partial charge on any atom is -0.357 e. The Balaban J connectivity index is 1.80. The first-order chi connectivity index (χ1) is 7.90. The minimum absolute atomic E-state index is 0.188. The molecule has 0 spiro atoms. The molecule has 1 aromatic carbocycles. The largest absolute Gasteiger partial charge is 0.357 e. The van der Waals surface area contributed by atoms with Crippen LogP contribution in [0.4, 0.5) is 0 Å². The van der Waals surface area contributed by atoms with Gasteiger partial charge in [-0.1, -0.05) is 24.3 Å². The monoisotopic (exact) mass is 210 g/mol. The van der Waals surface area contributed by atoms with E-state index >= 15 is 0 Å². The van der Waals surface area contributed by atoms with Gasteiger partial charge in [-0.3, -0.25) is 0 Å². The average molecular weight is 210 g/mol. The summed E-state index contributed by atoms with van der Waals surface area (Å²) in [5.74, 6) is 0. The van der Waals surface area contributed by atoms with Crippen molar-refractivity contribution in [2.75, 3.05) is 0 Å². The molecule has 4 aliphatic rings. The summed E-state index contributed by atoms with van der Waals surface area (Å²) >= 11 is 0. The van der Waals surface area contributed by atoms with Crippen LogP contribution in [0.25, 0.3) is 0 Å². The number of hydrogen-bond donors (Lipinski definition) is 0. The van der Waals surface area contributed by atoms with Crippen LogP contribution in [-0.4, -0.2) is 0 Å². The SMILES string of the molecule is C1=C[C@@H]2O[C@@H]1c1cc3c(cc12)[C@@H]1C=C[C@@H]3O1. The van der Waals surface area contributed by atoms with E-state index in [4.69, 9.17) is 9.47 Å². The highest BCUT2D eigenvalue weighted by atomic mass is 16.5. The van der Waals surface area contributed by atoms with Crippen molar-refractivity contribution in [2.45, 2.75) is 24.4 Å². The van der Waals surface area contributed by atoms with Crippen molar-refractivity contribution in [1.82, 2.24) is 0 Å². The molecule has 0 saturated heterocycles. The van der Waals surface area contributed by atoms with Gasteiger partial charge in [0.25, 0.3) is 0 Å². The summed E-state index contributed by atoms with van der Waals surface area (Å²) in [6.45, 7) is 0. The predicted octanol–water partition coefficient (Wildman–Crippen LogP) is 3.05. The van der Waals surface area contributed by atoms with E-state index in [9.17, 15) is 0 Å². The molecule has 0 radical (unpaired) electrons. The van der Waals surface area contributed by atoms with Crippen LogP contribution in [0.15, 0.2) is 36.4 Å². The van der Waals surface area contributed by atoms with E-state index in [2.05, 4.69) is 36.4 Å². The molecular weight excluding hydrogens is 200 g/mol. The molecular formula is C14H10O2. The van der Waals surface area contributed by atoms with Crippen LogP contribution in [0, 0.1) is 0 Å². The standard InChI is InChI=1S/C14H10O2/c1-2-12-8-6-10-9(5-7(8)11(1)15-12)13-3-4-14(10)16-13/h1-6,11-14H/t11-,12-,13-,14-/m0/s1. The smallest absolute Gasteiger partial charge is 0.102 e. The molecule has 16 heavy (non-hydrogen) atoms. The Morgan fingerprint density at radius 3 is 1.19 bits per heavy atom. The summed E-state index contributed by atoms with van der Waals surface area (Å²) in [5.41, 5.74) is 5.37. The number of ether oxygens (including phenoxy) is 2. The highest BCUT2D eigenvalue weighted by Gasteiger charge is 2.40. The van der Waals surface area contributed by atoms with Crippen LogP contribution in [-0.2, 0) is 9.47 Å². The molecule has 2 nitrogen and oxygen atoms in total. The first kappa shape index (κ1) is 7.82. The van der Waals surface area contributed by atoms with Crippen molar-refractivity contribution in [3.63, 3.8) is 0 Å². The topological polar surface area (TPSA) is 18.5 Å². The van der Waals surface area contributed by atoms with Crippen LogP contribution in [0.5, 0.6) is 0 Å². The van der Waals surface area contributed by atoms with Crippen LogP contribution in [0.2, 0.25) is 0 Å². The van der Waals surface area contributed by atoms with Gasteiger partial charge < -0.3 is 9.47 Å². The first-order valence-electron chi connectivity index (χ1n) is 5.75. The molecule has 78 valence electrons. The number of rotatable bonds is 0. The van der Waals surface area contributed by atoms with Gasteiger partial charge >= 0.3 is 0 Å². The number of fused-ring (bicyclic) bond motifs is 10. The van der Waals surface area contributed by atoms with Crippen molar-refractivity contribution in [3.05, 3.63) is 58.7 Å². The highest BCUT2D eigenvalue weighted by Crippen LogP contribution is 2.52. The fourth-order valence-electron chi connectivity index (χ4n) is 3.26. The molecule has 4 aliphatic heterocycles. The fourth-order valence-corrected chi connectivity index (χ4v) is 3.26. The summed E-state index contributed by atoms with van der Waals surface area (Å²) in [6.07, 6.45) is 9.38. The summed E-state index contributed by atoms with van der Waals surface area (Å²) < 4.78 is 11.7. The Morgan fingerprint density at radius 1 is 0.562 bits per heavy atom. The van der Waals surface area contributed by atoms with Gasteiger partial charge in [0.15, 0.2) is 0 Å². The quantitative estimate of drug-likeness (QED) is 0.613. The lowest BCUT2D eigenvalue weighted by Crippen LogP contribution is -2.00. The van der Waals surface area contributed by atoms with E-state index in [0.29, 0.717) is 0 Å². The zero-order valence-electron chi connectivity index (χ0n) is 8.59. The third-order valence-corrected chi connectivity index (χ3v) is 4.02. The van der Waals surface area contributed by atoms with E-state index in [1.807, 2.05) is 0 Å². The molecule has 4 heterocycles. The molecule has 0 N–H and O–H groups in total. The summed E-state index contributed by atoms with van der Waals surface area (Å²) in [7, 11) is 0. The third kappa shape index (κ3) is 0.721. The maximum absolute atomic E-state index is 5.84. The zero-order valence-corrected chi connectivity index (χ0v) is 8.59. The summed E-state index contributed by atoms with van der Waals surface area (Å²) in [6, 6.07) is 4.57. The second-order valence-corrected chi connectivity index (χ2v) is 4.83. The maximum Gasteiger partial charge on any atom is 0.102 e. The van der Waals surface area contributed by atoms with Gasteiger partial charge in [0, 0.05) is 0 Å². The Hall–Kier alpha value is -1.38. The van der Waals surface area contributed by atoms with Crippen molar-refractivity contribution < 1.29 is 9.47 Å². The fraction of sp³-hybridized carbons (Fsp3) is 0.286. The van der Waals surface area contributed by atoms with Gasteiger partial charge in [0.2, 0.25) is 0 Å². The predicted molar refractivity (Wildman–Crippen MR) is 57.9 cm³/mol. The van der Waals surface area contributed by atoms with E-state index in [1.54, 1.807) is 0 Å². The van der Waals surface area contributed by atoms with Gasteiger partial charge in [-0.25, -0.2) is 0 Å². The highest BCUT2D eigenvalue weighted by molar-refractivity contribution is 5.53. The molecule has 2 heteroatoms. The normalized spacial score (nSPS) is 39.5. The van der Waals surface area contributed by atoms with Crippen LogP contribution in [0.1, 0.15) is 46.7 Å². The Labute approximate surface area is 93.2 Å². The Morgan fingerprint density at radius 2 is 0.875 bits per heavy atom. The Bertz CT molecular complexity index is 476. The van der Waals surface area contributed by atoms with E-state index in [-0.39, 0.29) is 24.4 Å². The van der Waals surface area contributed by atoms with Gasteiger partial charge in [0.1, 0.15) is 24.4 Å². The van der Waals surface area contributed by atoms with Crippen molar-refractivity contribution in [2.24, 2.45) is 0 Å². The maximum atomic E-state index is 5.84. The van der Waals surface area contributed by atoms with Crippen LogP contribution >= 0.6 is 0 Å². The molecule has 0 fully saturated rings. The second kappa shape index (κ2) is 2.31. The average Bonchev–Trinajstić information content (AvgIpc) is 3.07. The van der Waals surface area contributed by atoms with Crippen LogP contribution < -0.4 is 0 Å². The van der Waals surface area contributed by atoms with Gasteiger partial charge in [0.05, 0.1) is 0 Å². The third-order valence-electron chi connectivity index (χ3n) is 4.02. The molecule has 0 unspecified atom stereocenters. The lowest BCUT2D eigenvalue weighted by atomic mass is 9.88. The zero-order chi connectivity index (χ0) is 10.3. The molecule has 0 aliphatic carbocycles. The van der Waals surface area contributed by atoms with Crippen molar-refractivity contribution in [3.8, 4) is 0 Å². The summed E-state index contributed by atoms with van der Waals surface area (Å²) in [5, 5.41) is 0. The van der Waals surface area contributed by atoms with Gasteiger partial charge in [-0.15, -0.1) is 0 Å². The molecule has 1 aromatic rings. The molecule has 0 amide bonds. The van der Waals surface area contributed by atoms with Crippen LogP contribution in [0.3, 0.4) is 0 Å². The lowest BCUT2D eigenvalue weighted by molar-refractivity contribution is 0.0840. The van der Waals surface area contributed by atoms with Crippen molar-refractivity contribution in [1.29, 1.82) is 0 Å². The van der Waals surface area contributed by atoms with E-state index in [1.165, 1.54) is 22.3 Å². The minimum atomic E-state index is 0.188.